The molecule has 0 bridgehead atoms. The number of alkyl carbamates (subject to hydrolysis) is 1. The highest BCUT2D eigenvalue weighted by Gasteiger charge is 2.53. The molecule has 3 heterocycles. The van der Waals surface area contributed by atoms with E-state index in [-0.39, 0.29) is 35.9 Å². The van der Waals surface area contributed by atoms with Crippen molar-refractivity contribution in [3.05, 3.63) is 65.0 Å². The van der Waals surface area contributed by atoms with Crippen LogP contribution in [0.3, 0.4) is 0 Å². The first kappa shape index (κ1) is 34.1. The van der Waals surface area contributed by atoms with Crippen LogP contribution in [0.2, 0.25) is 5.15 Å². The molecule has 252 valence electrons. The molecular formula is C33H40ClN5O8. The summed E-state index contributed by atoms with van der Waals surface area (Å²) in [4.78, 5) is 52.2. The smallest absolute Gasteiger partial charge is 0.408 e. The largest absolute Gasteiger partial charge is 0.491 e. The number of carbonyl (C=O) groups excluding carboxylic acids is 3. The number of aliphatic hydroxyl groups is 1. The number of aliphatic hydroxyl groups excluding tert-OH is 1. The topological polar surface area (TPSA) is 164 Å². The first-order valence-corrected chi connectivity index (χ1v) is 15.8. The molecule has 5 atom stereocenters. The fraction of sp³-hybridized carbons (Fsp3) is 0.515. The SMILES string of the molecule is CC(C)(C)OC(=O)N[C@@H](CCC1=C(C(=O)OCc2ccccc2)[C@H]2C[C@@H](n3cnc4c(Cl)ncnc43)[C@@H](O)[C@H]2O1)C(=O)OC(C)(C)C. The minimum Gasteiger partial charge on any atom is -0.491 e. The molecule has 13 nitrogen and oxygen atoms in total. The maximum absolute atomic E-state index is 13.7. The van der Waals surface area contributed by atoms with Crippen LogP contribution >= 0.6 is 11.6 Å². The molecule has 1 amide bonds. The molecule has 1 aliphatic carbocycles. The Hall–Kier alpha value is -4.23. The average Bonchev–Trinajstić information content (AvgIpc) is 3.65. The summed E-state index contributed by atoms with van der Waals surface area (Å²) in [6.45, 7) is 10.3. The molecule has 2 N–H and O–H groups in total. The van der Waals surface area contributed by atoms with E-state index in [1.54, 1.807) is 46.1 Å². The zero-order valence-corrected chi connectivity index (χ0v) is 28.0. The third-order valence-corrected chi connectivity index (χ3v) is 8.00. The van der Waals surface area contributed by atoms with Gasteiger partial charge in [0.15, 0.2) is 10.8 Å². The van der Waals surface area contributed by atoms with Crippen LogP contribution in [0.4, 0.5) is 4.79 Å². The van der Waals surface area contributed by atoms with Crippen LogP contribution in [0.25, 0.3) is 11.2 Å². The van der Waals surface area contributed by atoms with E-state index in [2.05, 4.69) is 20.3 Å². The fourth-order valence-corrected chi connectivity index (χ4v) is 5.99. The minimum absolute atomic E-state index is 0.0273. The van der Waals surface area contributed by atoms with Crippen LogP contribution in [-0.4, -0.2) is 72.1 Å². The van der Waals surface area contributed by atoms with E-state index in [1.807, 2.05) is 30.3 Å². The standard InChI is InChI=1S/C33H40ClN5O8/c1-32(2,3)46-29(41)20(38-31(43)47-33(4,5)6)12-13-22-23(30(42)44-15-18-10-8-7-9-11-18)19-14-21(25(40)26(19)45-22)39-17-37-24-27(34)35-16-36-28(24)39/h7-11,16-17,19-21,25-26,40H,12-15H2,1-6H3,(H,38,43)/t19-,20+,21-,25-,26+/m1/s1. The Kier molecular flexibility index (Phi) is 9.78. The van der Waals surface area contributed by atoms with E-state index >= 15 is 0 Å². The van der Waals surface area contributed by atoms with Gasteiger partial charge in [0.1, 0.15) is 53.7 Å². The lowest BCUT2D eigenvalue weighted by molar-refractivity contribution is -0.157. The highest BCUT2D eigenvalue weighted by Crippen LogP contribution is 2.49. The summed E-state index contributed by atoms with van der Waals surface area (Å²) in [6.07, 6.45) is 0.623. The zero-order valence-electron chi connectivity index (χ0n) is 27.2. The van der Waals surface area contributed by atoms with Gasteiger partial charge in [-0.05, 0) is 59.9 Å². The molecule has 0 radical (unpaired) electrons. The van der Waals surface area contributed by atoms with Crippen molar-refractivity contribution in [3.8, 4) is 0 Å². The number of hydrogen-bond donors (Lipinski definition) is 2. The van der Waals surface area contributed by atoms with Crippen LogP contribution in [0, 0.1) is 5.92 Å². The van der Waals surface area contributed by atoms with Crippen molar-refractivity contribution >= 4 is 40.8 Å². The van der Waals surface area contributed by atoms with Crippen molar-refractivity contribution in [1.29, 1.82) is 0 Å². The van der Waals surface area contributed by atoms with Gasteiger partial charge < -0.3 is 33.9 Å². The zero-order chi connectivity index (χ0) is 34.1. The third kappa shape index (κ3) is 8.02. The monoisotopic (exact) mass is 669 g/mol. The van der Waals surface area contributed by atoms with Gasteiger partial charge in [0, 0.05) is 12.3 Å². The van der Waals surface area contributed by atoms with Gasteiger partial charge in [-0.1, -0.05) is 41.9 Å². The summed E-state index contributed by atoms with van der Waals surface area (Å²) in [5.74, 6) is -1.53. The van der Waals surface area contributed by atoms with Crippen molar-refractivity contribution < 1.29 is 38.4 Å². The molecule has 1 saturated carbocycles. The third-order valence-electron chi connectivity index (χ3n) is 7.72. The van der Waals surface area contributed by atoms with Crippen molar-refractivity contribution in [3.63, 3.8) is 0 Å². The number of halogens is 1. The summed E-state index contributed by atoms with van der Waals surface area (Å²) >= 11 is 6.21. The molecule has 0 unspecified atom stereocenters. The van der Waals surface area contributed by atoms with E-state index in [0.717, 1.165) is 5.56 Å². The molecule has 3 aromatic rings. The Labute approximate surface area is 277 Å². The van der Waals surface area contributed by atoms with Gasteiger partial charge in [0.2, 0.25) is 0 Å². The number of carbonyl (C=O) groups is 3. The second kappa shape index (κ2) is 13.5. The second-order valence-electron chi connectivity index (χ2n) is 13.6. The second-order valence-corrected chi connectivity index (χ2v) is 14.0. The normalized spacial score (nSPS) is 21.6. The first-order chi connectivity index (χ1) is 22.1. The summed E-state index contributed by atoms with van der Waals surface area (Å²) in [5, 5.41) is 14.3. The number of benzene rings is 1. The number of aromatic nitrogens is 4. The van der Waals surface area contributed by atoms with Gasteiger partial charge in [-0.25, -0.2) is 29.3 Å². The molecule has 47 heavy (non-hydrogen) atoms. The number of ether oxygens (including phenoxy) is 4. The molecule has 1 aliphatic heterocycles. The predicted molar refractivity (Wildman–Crippen MR) is 170 cm³/mol. The number of imidazole rings is 1. The van der Waals surface area contributed by atoms with Crippen molar-refractivity contribution in [1.82, 2.24) is 24.8 Å². The molecule has 0 saturated heterocycles. The van der Waals surface area contributed by atoms with Crippen LogP contribution < -0.4 is 5.32 Å². The Morgan fingerprint density at radius 1 is 1.06 bits per heavy atom. The van der Waals surface area contributed by atoms with Gasteiger partial charge in [-0.15, -0.1) is 0 Å². The van der Waals surface area contributed by atoms with E-state index < -0.39 is 59.4 Å². The quantitative estimate of drug-likeness (QED) is 0.182. The lowest BCUT2D eigenvalue weighted by Gasteiger charge is -2.26. The highest BCUT2D eigenvalue weighted by molar-refractivity contribution is 6.33. The molecule has 1 aromatic carbocycles. The van der Waals surface area contributed by atoms with Crippen molar-refractivity contribution in [2.75, 3.05) is 0 Å². The van der Waals surface area contributed by atoms with E-state index in [0.29, 0.717) is 17.6 Å². The van der Waals surface area contributed by atoms with E-state index in [4.69, 9.17) is 30.5 Å². The van der Waals surface area contributed by atoms with Crippen molar-refractivity contribution in [2.24, 2.45) is 5.92 Å². The van der Waals surface area contributed by atoms with Crippen LogP contribution in [0.15, 0.2) is 54.3 Å². The molecule has 14 heteroatoms. The van der Waals surface area contributed by atoms with Crippen LogP contribution in [0.1, 0.15) is 72.4 Å². The van der Waals surface area contributed by atoms with E-state index in [1.165, 1.54) is 12.7 Å². The maximum Gasteiger partial charge on any atom is 0.408 e. The molecular weight excluding hydrogens is 630 g/mol. The minimum atomic E-state index is -1.11. The van der Waals surface area contributed by atoms with Gasteiger partial charge in [-0.2, -0.15) is 0 Å². The van der Waals surface area contributed by atoms with Gasteiger partial charge in [0.05, 0.1) is 17.9 Å². The number of esters is 2. The lowest BCUT2D eigenvalue weighted by atomic mass is 9.95. The maximum atomic E-state index is 13.7. The number of nitrogens with one attached hydrogen (secondary N) is 1. The van der Waals surface area contributed by atoms with Gasteiger partial charge in [-0.3, -0.25) is 0 Å². The molecule has 5 rings (SSSR count). The number of allylic oxidation sites excluding steroid dienone is 1. The van der Waals surface area contributed by atoms with Gasteiger partial charge >= 0.3 is 18.0 Å². The fourth-order valence-electron chi connectivity index (χ4n) is 5.81. The predicted octanol–water partition coefficient (Wildman–Crippen LogP) is 4.81. The summed E-state index contributed by atoms with van der Waals surface area (Å²) in [6, 6.07) is 7.60. The Balaban J connectivity index is 1.42. The van der Waals surface area contributed by atoms with E-state index in [9.17, 15) is 19.5 Å². The molecule has 2 aliphatic rings. The average molecular weight is 670 g/mol. The number of amides is 1. The molecule has 1 fully saturated rings. The molecule has 2 aromatic heterocycles. The Morgan fingerprint density at radius 2 is 1.77 bits per heavy atom. The summed E-state index contributed by atoms with van der Waals surface area (Å²) in [5.41, 5.74) is 0.296. The number of rotatable bonds is 9. The Morgan fingerprint density at radius 3 is 2.45 bits per heavy atom. The Bertz CT molecular complexity index is 1660. The van der Waals surface area contributed by atoms with Crippen LogP contribution in [0.5, 0.6) is 0 Å². The first-order valence-electron chi connectivity index (χ1n) is 15.5. The number of nitrogens with zero attached hydrogens (tertiary/aromatic N) is 4. The number of fused-ring (bicyclic) bond motifs is 2. The van der Waals surface area contributed by atoms with Crippen LogP contribution in [-0.2, 0) is 35.1 Å². The van der Waals surface area contributed by atoms with Crippen molar-refractivity contribution in [2.45, 2.75) is 103 Å². The summed E-state index contributed by atoms with van der Waals surface area (Å²) < 4.78 is 24.7. The highest BCUT2D eigenvalue weighted by atomic mass is 35.5. The molecule has 0 spiro atoms. The number of hydrogen-bond acceptors (Lipinski definition) is 11. The summed E-state index contributed by atoms with van der Waals surface area (Å²) in [7, 11) is 0. The lowest BCUT2D eigenvalue weighted by Crippen LogP contribution is -2.46. The van der Waals surface area contributed by atoms with Gasteiger partial charge in [0.25, 0.3) is 0 Å².